The third kappa shape index (κ3) is 2.85. The molecule has 0 fully saturated rings. The summed E-state index contributed by atoms with van der Waals surface area (Å²) >= 11 is 0. The summed E-state index contributed by atoms with van der Waals surface area (Å²) in [5, 5.41) is 8.50. The molecule has 0 saturated carbocycles. The fraction of sp³-hybridized carbons (Fsp3) is 0.118. The van der Waals surface area contributed by atoms with Crippen molar-refractivity contribution >= 4 is 22.5 Å². The van der Waals surface area contributed by atoms with Gasteiger partial charge >= 0.3 is 0 Å². The van der Waals surface area contributed by atoms with E-state index in [0.717, 1.165) is 16.5 Å². The first-order valence-electron chi connectivity index (χ1n) is 7.64. The fourth-order valence-electron chi connectivity index (χ4n) is 2.51. The molecule has 0 saturated heterocycles. The summed E-state index contributed by atoms with van der Waals surface area (Å²) in [6.07, 6.45) is 4.88. The molecule has 0 aliphatic carbocycles. The summed E-state index contributed by atoms with van der Waals surface area (Å²) in [6.45, 7) is 2.03. The molecule has 4 rings (SSSR count). The molecule has 124 valence electrons. The first-order valence-corrected chi connectivity index (χ1v) is 7.64. The molecule has 3 heterocycles. The van der Waals surface area contributed by atoms with Gasteiger partial charge in [0.1, 0.15) is 12.0 Å². The van der Waals surface area contributed by atoms with E-state index in [0.29, 0.717) is 23.5 Å². The predicted octanol–water partition coefficient (Wildman–Crippen LogP) is 2.67. The van der Waals surface area contributed by atoms with Crippen LogP contribution in [0.5, 0.6) is 5.88 Å². The molecule has 1 N–H and O–H groups in total. The Labute approximate surface area is 143 Å². The van der Waals surface area contributed by atoms with Gasteiger partial charge in [-0.3, -0.25) is 0 Å². The number of nitrogens with one attached hydrogen (secondary N) is 1. The van der Waals surface area contributed by atoms with Crippen molar-refractivity contribution in [2.45, 2.75) is 6.92 Å². The van der Waals surface area contributed by atoms with Gasteiger partial charge in [-0.05, 0) is 30.7 Å². The summed E-state index contributed by atoms with van der Waals surface area (Å²) in [5.41, 5.74) is 2.75. The molecule has 8 nitrogen and oxygen atoms in total. The van der Waals surface area contributed by atoms with Gasteiger partial charge in [-0.2, -0.15) is 19.7 Å². The Hall–Kier alpha value is -3.55. The van der Waals surface area contributed by atoms with Crippen molar-refractivity contribution in [3.8, 4) is 11.8 Å². The lowest BCUT2D eigenvalue weighted by molar-refractivity contribution is 0.400. The van der Waals surface area contributed by atoms with Crippen molar-refractivity contribution in [1.29, 1.82) is 0 Å². The molecule has 25 heavy (non-hydrogen) atoms. The molecule has 0 spiro atoms. The molecule has 3 aromatic heterocycles. The highest BCUT2D eigenvalue weighted by atomic mass is 16.5. The molecule has 0 amide bonds. The number of benzene rings is 1. The Bertz CT molecular complexity index is 1040. The number of methoxy groups -OCH3 is 1. The minimum absolute atomic E-state index is 0.382. The lowest BCUT2D eigenvalue weighted by atomic mass is 10.2. The second-order valence-electron chi connectivity index (χ2n) is 5.41. The van der Waals surface area contributed by atoms with Gasteiger partial charge in [-0.1, -0.05) is 12.1 Å². The van der Waals surface area contributed by atoms with E-state index in [4.69, 9.17) is 4.74 Å². The van der Waals surface area contributed by atoms with Crippen molar-refractivity contribution in [3.63, 3.8) is 0 Å². The number of anilines is 2. The van der Waals surface area contributed by atoms with E-state index in [1.54, 1.807) is 30.3 Å². The maximum atomic E-state index is 5.23. The van der Waals surface area contributed by atoms with Gasteiger partial charge in [0.25, 0.3) is 5.95 Å². The van der Waals surface area contributed by atoms with Crippen molar-refractivity contribution < 1.29 is 4.74 Å². The zero-order valence-electron chi connectivity index (χ0n) is 13.7. The van der Waals surface area contributed by atoms with E-state index in [1.807, 2.05) is 31.2 Å². The van der Waals surface area contributed by atoms with E-state index < -0.39 is 0 Å². The Morgan fingerprint density at radius 2 is 2.04 bits per heavy atom. The molecule has 0 unspecified atom stereocenters. The van der Waals surface area contributed by atoms with Crippen LogP contribution >= 0.6 is 0 Å². The van der Waals surface area contributed by atoms with Crippen LogP contribution in [0.2, 0.25) is 0 Å². The summed E-state index contributed by atoms with van der Waals surface area (Å²) in [4.78, 5) is 17.0. The average Bonchev–Trinajstić information content (AvgIpc) is 3.05. The van der Waals surface area contributed by atoms with Crippen LogP contribution in [0.1, 0.15) is 5.56 Å². The molecule has 8 heteroatoms. The Morgan fingerprint density at radius 1 is 1.12 bits per heavy atom. The van der Waals surface area contributed by atoms with Crippen LogP contribution in [0.3, 0.4) is 0 Å². The molecule has 0 aliphatic rings. The largest absolute Gasteiger partial charge is 0.480 e. The Kier molecular flexibility index (Phi) is 3.70. The van der Waals surface area contributed by atoms with Crippen LogP contribution in [0.15, 0.2) is 49.1 Å². The van der Waals surface area contributed by atoms with Gasteiger partial charge in [0, 0.05) is 11.6 Å². The van der Waals surface area contributed by atoms with Gasteiger partial charge in [0.05, 0.1) is 18.8 Å². The van der Waals surface area contributed by atoms with Crippen LogP contribution in [-0.2, 0) is 0 Å². The van der Waals surface area contributed by atoms with E-state index >= 15 is 0 Å². The number of fused-ring (bicyclic) bond motifs is 1. The van der Waals surface area contributed by atoms with Crippen LogP contribution in [0.4, 0.5) is 11.6 Å². The highest BCUT2D eigenvalue weighted by Gasteiger charge is 2.10. The first kappa shape index (κ1) is 15.0. The van der Waals surface area contributed by atoms with Gasteiger partial charge in [0.15, 0.2) is 0 Å². The Morgan fingerprint density at radius 3 is 2.92 bits per heavy atom. The standard InChI is InChI=1S/C17H15N7O/c1-11-5-6-12-9-21-24(14(12)8-11)17-20-10-19-16(23-17)22-13-4-3-7-18-15(13)25-2/h3-10H,1-2H3,(H,19,20,22,23). The SMILES string of the molecule is COc1ncccc1Nc1ncnc(-n2ncc3ccc(C)cc32)n1. The number of aryl methyl sites for hydroxylation is 1. The molecular weight excluding hydrogens is 318 g/mol. The lowest BCUT2D eigenvalue weighted by Gasteiger charge is -2.09. The third-order valence-electron chi connectivity index (χ3n) is 3.69. The molecule has 0 bridgehead atoms. The average molecular weight is 333 g/mol. The number of nitrogens with zero attached hydrogens (tertiary/aromatic N) is 6. The van der Waals surface area contributed by atoms with Gasteiger partial charge in [-0.15, -0.1) is 0 Å². The van der Waals surface area contributed by atoms with Crippen LogP contribution in [0, 0.1) is 6.92 Å². The molecule has 0 radical (unpaired) electrons. The van der Waals surface area contributed by atoms with E-state index in [9.17, 15) is 0 Å². The highest BCUT2D eigenvalue weighted by molar-refractivity contribution is 5.80. The van der Waals surface area contributed by atoms with Crippen molar-refractivity contribution in [3.05, 3.63) is 54.6 Å². The van der Waals surface area contributed by atoms with Crippen molar-refractivity contribution in [1.82, 2.24) is 29.7 Å². The van der Waals surface area contributed by atoms with Crippen LogP contribution in [-0.4, -0.2) is 36.8 Å². The van der Waals surface area contributed by atoms with E-state index in [2.05, 4.69) is 30.4 Å². The summed E-state index contributed by atoms with van der Waals surface area (Å²) in [6, 6.07) is 9.75. The maximum absolute atomic E-state index is 5.23. The predicted molar refractivity (Wildman–Crippen MR) is 93.3 cm³/mol. The minimum atomic E-state index is 0.382. The number of pyridine rings is 1. The molecule has 0 atom stereocenters. The monoisotopic (exact) mass is 333 g/mol. The van der Waals surface area contributed by atoms with Crippen LogP contribution < -0.4 is 10.1 Å². The maximum Gasteiger partial charge on any atom is 0.255 e. The smallest absolute Gasteiger partial charge is 0.255 e. The van der Waals surface area contributed by atoms with Crippen LogP contribution in [0.25, 0.3) is 16.9 Å². The number of aromatic nitrogens is 6. The first-order chi connectivity index (χ1) is 12.2. The fourth-order valence-corrected chi connectivity index (χ4v) is 2.51. The normalized spacial score (nSPS) is 10.8. The van der Waals surface area contributed by atoms with E-state index in [-0.39, 0.29) is 0 Å². The zero-order chi connectivity index (χ0) is 17.2. The second-order valence-corrected chi connectivity index (χ2v) is 5.41. The summed E-state index contributed by atoms with van der Waals surface area (Å²) < 4.78 is 6.92. The molecule has 4 aromatic rings. The van der Waals surface area contributed by atoms with Crippen molar-refractivity contribution in [2.75, 3.05) is 12.4 Å². The third-order valence-corrected chi connectivity index (χ3v) is 3.69. The number of rotatable bonds is 4. The quantitative estimate of drug-likeness (QED) is 0.614. The Balaban J connectivity index is 1.73. The highest BCUT2D eigenvalue weighted by Crippen LogP contribution is 2.23. The zero-order valence-corrected chi connectivity index (χ0v) is 13.7. The van der Waals surface area contributed by atoms with Gasteiger partial charge in [0.2, 0.25) is 11.8 Å². The number of hydrogen-bond acceptors (Lipinski definition) is 7. The second kappa shape index (κ2) is 6.16. The molecule has 0 aliphatic heterocycles. The summed E-state index contributed by atoms with van der Waals surface area (Å²) in [5.74, 6) is 1.28. The van der Waals surface area contributed by atoms with Gasteiger partial charge < -0.3 is 10.1 Å². The number of hydrogen-bond donors (Lipinski definition) is 1. The van der Waals surface area contributed by atoms with Gasteiger partial charge in [-0.25, -0.2) is 9.97 Å². The topological polar surface area (TPSA) is 90.6 Å². The van der Waals surface area contributed by atoms with Crippen molar-refractivity contribution in [2.24, 2.45) is 0 Å². The number of ether oxygens (including phenoxy) is 1. The van der Waals surface area contributed by atoms with E-state index in [1.165, 1.54) is 6.33 Å². The summed E-state index contributed by atoms with van der Waals surface area (Å²) in [7, 11) is 1.56. The minimum Gasteiger partial charge on any atom is -0.480 e. The molecule has 1 aromatic carbocycles. The molecular formula is C17H15N7O. The lowest BCUT2D eigenvalue weighted by Crippen LogP contribution is -2.07.